The van der Waals surface area contributed by atoms with E-state index in [1.54, 1.807) is 6.08 Å². The first-order valence-corrected chi connectivity index (χ1v) is 8.06. The number of allylic oxidation sites excluding steroid dienone is 1. The van der Waals surface area contributed by atoms with Crippen LogP contribution < -0.4 is 0 Å². The molecule has 0 saturated heterocycles. The molecular formula is C11H24O2Si. The second-order valence-corrected chi connectivity index (χ2v) is 9.97. The molecule has 0 aliphatic heterocycles. The Morgan fingerprint density at radius 2 is 1.86 bits per heavy atom. The van der Waals surface area contributed by atoms with E-state index in [4.69, 9.17) is 4.43 Å². The minimum Gasteiger partial charge on any atom is -0.414 e. The molecule has 0 aromatic heterocycles. The molecule has 84 valence electrons. The van der Waals surface area contributed by atoms with Gasteiger partial charge in [-0.2, -0.15) is 0 Å². The van der Waals surface area contributed by atoms with Crippen LogP contribution in [0.15, 0.2) is 12.2 Å². The average molecular weight is 216 g/mol. The van der Waals surface area contributed by atoms with Crippen molar-refractivity contribution in [1.82, 2.24) is 0 Å². The van der Waals surface area contributed by atoms with Crippen LogP contribution >= 0.6 is 0 Å². The fourth-order valence-electron chi connectivity index (χ4n) is 0.788. The van der Waals surface area contributed by atoms with Crippen molar-refractivity contribution in [2.75, 3.05) is 6.61 Å². The van der Waals surface area contributed by atoms with Crippen LogP contribution in [0.5, 0.6) is 0 Å². The third-order valence-corrected chi connectivity index (χ3v) is 7.34. The molecular weight excluding hydrogens is 192 g/mol. The third kappa shape index (κ3) is 4.40. The van der Waals surface area contributed by atoms with Crippen LogP contribution in [0, 0.1) is 0 Å². The maximum atomic E-state index is 9.49. The maximum Gasteiger partial charge on any atom is 0.192 e. The van der Waals surface area contributed by atoms with E-state index in [2.05, 4.69) is 33.9 Å². The van der Waals surface area contributed by atoms with Gasteiger partial charge in [0.1, 0.15) is 0 Å². The Kier molecular flexibility index (Phi) is 5.05. The van der Waals surface area contributed by atoms with E-state index >= 15 is 0 Å². The summed E-state index contributed by atoms with van der Waals surface area (Å²) in [5, 5.41) is 9.70. The van der Waals surface area contributed by atoms with Crippen molar-refractivity contribution >= 4 is 8.32 Å². The quantitative estimate of drug-likeness (QED) is 0.578. The van der Waals surface area contributed by atoms with Crippen molar-refractivity contribution in [3.05, 3.63) is 12.2 Å². The summed E-state index contributed by atoms with van der Waals surface area (Å²) in [4.78, 5) is 0. The smallest absolute Gasteiger partial charge is 0.192 e. The van der Waals surface area contributed by atoms with E-state index in [0.717, 1.165) is 0 Å². The van der Waals surface area contributed by atoms with Gasteiger partial charge in [-0.25, -0.2) is 0 Å². The molecule has 1 unspecified atom stereocenters. The van der Waals surface area contributed by atoms with Gasteiger partial charge in [-0.15, -0.1) is 0 Å². The molecule has 14 heavy (non-hydrogen) atoms. The number of rotatable bonds is 4. The summed E-state index contributed by atoms with van der Waals surface area (Å²) in [6.45, 7) is 13.3. The normalized spacial score (nSPS) is 16.2. The first-order valence-electron chi connectivity index (χ1n) is 5.15. The van der Waals surface area contributed by atoms with Crippen LogP contribution in [0.2, 0.25) is 18.1 Å². The van der Waals surface area contributed by atoms with Gasteiger partial charge in [0.25, 0.3) is 0 Å². The van der Waals surface area contributed by atoms with Crippen molar-refractivity contribution in [3.8, 4) is 0 Å². The van der Waals surface area contributed by atoms with E-state index in [-0.39, 0.29) is 5.04 Å². The summed E-state index contributed by atoms with van der Waals surface area (Å²) in [5.74, 6) is 0. The minimum absolute atomic E-state index is 0.211. The summed E-state index contributed by atoms with van der Waals surface area (Å²) in [6.07, 6.45) is 3.14. The van der Waals surface area contributed by atoms with Gasteiger partial charge in [0.2, 0.25) is 0 Å². The first kappa shape index (κ1) is 13.9. The van der Waals surface area contributed by atoms with Crippen molar-refractivity contribution in [1.29, 1.82) is 0 Å². The molecule has 0 spiro atoms. The van der Waals surface area contributed by atoms with Gasteiger partial charge in [0.15, 0.2) is 8.32 Å². The highest BCUT2D eigenvalue weighted by atomic mass is 28.4. The summed E-state index contributed by atoms with van der Waals surface area (Å²) in [5.41, 5.74) is 0. The van der Waals surface area contributed by atoms with E-state index in [0.29, 0.717) is 6.61 Å². The molecule has 0 bridgehead atoms. The lowest BCUT2D eigenvalue weighted by molar-refractivity contribution is 0.135. The van der Waals surface area contributed by atoms with Gasteiger partial charge < -0.3 is 9.53 Å². The summed E-state index contributed by atoms with van der Waals surface area (Å²) < 4.78 is 5.85. The SMILES string of the molecule is C/C=C\C(O)CO[Si](C)(C)C(C)(C)C. The van der Waals surface area contributed by atoms with Crippen LogP contribution in [-0.4, -0.2) is 26.1 Å². The molecule has 0 aliphatic rings. The van der Waals surface area contributed by atoms with Gasteiger partial charge >= 0.3 is 0 Å². The second-order valence-electron chi connectivity index (χ2n) is 5.16. The Morgan fingerprint density at radius 3 is 2.21 bits per heavy atom. The molecule has 0 fully saturated rings. The summed E-state index contributed by atoms with van der Waals surface area (Å²) in [6, 6.07) is 0. The number of aliphatic hydroxyl groups is 1. The largest absolute Gasteiger partial charge is 0.414 e. The zero-order valence-corrected chi connectivity index (χ0v) is 11.3. The van der Waals surface area contributed by atoms with Crippen LogP contribution in [0.25, 0.3) is 0 Å². The highest BCUT2D eigenvalue weighted by Gasteiger charge is 2.37. The summed E-state index contributed by atoms with van der Waals surface area (Å²) >= 11 is 0. The van der Waals surface area contributed by atoms with Gasteiger partial charge in [0.05, 0.1) is 12.7 Å². The van der Waals surface area contributed by atoms with E-state index in [9.17, 15) is 5.11 Å². The molecule has 0 amide bonds. The highest BCUT2D eigenvalue weighted by molar-refractivity contribution is 6.74. The predicted octanol–water partition coefficient (Wildman–Crippen LogP) is 2.95. The zero-order chi connectivity index (χ0) is 11.4. The van der Waals surface area contributed by atoms with E-state index < -0.39 is 14.4 Å². The van der Waals surface area contributed by atoms with Gasteiger partial charge in [-0.3, -0.25) is 0 Å². The predicted molar refractivity (Wildman–Crippen MR) is 64.0 cm³/mol. The monoisotopic (exact) mass is 216 g/mol. The number of hydrogen-bond donors (Lipinski definition) is 1. The molecule has 3 heteroatoms. The topological polar surface area (TPSA) is 29.5 Å². The number of aliphatic hydroxyl groups excluding tert-OH is 1. The molecule has 1 atom stereocenters. The average Bonchev–Trinajstić information content (AvgIpc) is 1.99. The van der Waals surface area contributed by atoms with Crippen molar-refractivity contribution in [3.63, 3.8) is 0 Å². The molecule has 0 rings (SSSR count). The minimum atomic E-state index is -1.69. The molecule has 0 saturated carbocycles. The van der Waals surface area contributed by atoms with Crippen molar-refractivity contribution < 1.29 is 9.53 Å². The standard InChI is InChI=1S/C11H24O2Si/c1-7-8-10(12)9-13-14(5,6)11(2,3)4/h7-8,10,12H,9H2,1-6H3/b8-7-. The zero-order valence-electron chi connectivity index (χ0n) is 10.3. The first-order chi connectivity index (χ1) is 6.20. The molecule has 0 aromatic carbocycles. The van der Waals surface area contributed by atoms with Crippen molar-refractivity contribution in [2.24, 2.45) is 0 Å². The van der Waals surface area contributed by atoms with Gasteiger partial charge in [-0.05, 0) is 25.1 Å². The molecule has 0 aliphatic carbocycles. The Hall–Kier alpha value is -0.123. The van der Waals surface area contributed by atoms with Gasteiger partial charge in [0, 0.05) is 0 Å². The molecule has 0 heterocycles. The Morgan fingerprint density at radius 1 is 1.36 bits per heavy atom. The lowest BCUT2D eigenvalue weighted by Gasteiger charge is -2.36. The Labute approximate surface area is 89.1 Å². The molecule has 2 nitrogen and oxygen atoms in total. The molecule has 0 radical (unpaired) electrons. The van der Waals surface area contributed by atoms with Crippen LogP contribution in [0.3, 0.4) is 0 Å². The fourth-order valence-corrected chi connectivity index (χ4v) is 1.81. The Balaban J connectivity index is 4.12. The van der Waals surface area contributed by atoms with Crippen LogP contribution in [-0.2, 0) is 4.43 Å². The fraction of sp³-hybridized carbons (Fsp3) is 0.818. The summed E-state index contributed by atoms with van der Waals surface area (Å²) in [7, 11) is -1.69. The lowest BCUT2D eigenvalue weighted by atomic mass is 10.2. The molecule has 0 aromatic rings. The van der Waals surface area contributed by atoms with Crippen molar-refractivity contribution in [2.45, 2.75) is 51.9 Å². The van der Waals surface area contributed by atoms with E-state index in [1.165, 1.54) is 0 Å². The second kappa shape index (κ2) is 5.10. The number of hydrogen-bond acceptors (Lipinski definition) is 2. The van der Waals surface area contributed by atoms with Gasteiger partial charge in [-0.1, -0.05) is 32.9 Å². The Bertz CT molecular complexity index is 192. The van der Waals surface area contributed by atoms with E-state index in [1.807, 2.05) is 13.0 Å². The van der Waals surface area contributed by atoms with Crippen LogP contribution in [0.1, 0.15) is 27.7 Å². The van der Waals surface area contributed by atoms with Crippen LogP contribution in [0.4, 0.5) is 0 Å². The third-order valence-electron chi connectivity index (χ3n) is 2.84. The lowest BCUT2D eigenvalue weighted by Crippen LogP contribution is -2.42. The highest BCUT2D eigenvalue weighted by Crippen LogP contribution is 2.36. The maximum absolute atomic E-state index is 9.49. The molecule has 1 N–H and O–H groups in total.